The van der Waals surface area contributed by atoms with Crippen LogP contribution in [-0.4, -0.2) is 53.7 Å². The number of aromatic nitrogens is 2. The third-order valence-corrected chi connectivity index (χ3v) is 5.13. The second kappa shape index (κ2) is 7.38. The van der Waals surface area contributed by atoms with Gasteiger partial charge in [0, 0.05) is 31.8 Å². The number of ether oxygens (including phenoxy) is 2. The first-order chi connectivity index (χ1) is 13.2. The molecule has 0 spiro atoms. The van der Waals surface area contributed by atoms with Crippen LogP contribution in [0.25, 0.3) is 11.4 Å². The van der Waals surface area contributed by atoms with E-state index in [2.05, 4.69) is 10.1 Å². The minimum atomic E-state index is -0.176. The van der Waals surface area contributed by atoms with E-state index in [4.69, 9.17) is 14.0 Å². The molecule has 27 heavy (non-hydrogen) atoms. The van der Waals surface area contributed by atoms with E-state index in [1.54, 1.807) is 12.0 Å². The number of carbonyl (C=O) groups excluding carboxylic acids is 2. The number of amides is 1. The fourth-order valence-electron chi connectivity index (χ4n) is 3.65. The maximum absolute atomic E-state index is 12.4. The van der Waals surface area contributed by atoms with Crippen LogP contribution >= 0.6 is 0 Å². The van der Waals surface area contributed by atoms with Crippen molar-refractivity contribution in [1.82, 2.24) is 15.0 Å². The summed E-state index contributed by atoms with van der Waals surface area (Å²) >= 11 is 0. The number of likely N-dealkylation sites (tertiary alicyclic amines) is 1. The highest BCUT2D eigenvalue weighted by Crippen LogP contribution is 2.31. The van der Waals surface area contributed by atoms with E-state index in [1.165, 1.54) is 0 Å². The molecule has 2 atom stereocenters. The molecule has 2 fully saturated rings. The average Bonchev–Trinajstić information content (AvgIpc) is 3.39. The van der Waals surface area contributed by atoms with Gasteiger partial charge in [0.1, 0.15) is 5.75 Å². The molecule has 142 valence electrons. The van der Waals surface area contributed by atoms with Crippen LogP contribution in [0, 0.1) is 11.8 Å². The zero-order valence-corrected chi connectivity index (χ0v) is 15.1. The van der Waals surface area contributed by atoms with Gasteiger partial charge in [-0.3, -0.25) is 9.59 Å². The summed E-state index contributed by atoms with van der Waals surface area (Å²) in [5.41, 5.74) is 0.765. The summed E-state index contributed by atoms with van der Waals surface area (Å²) in [7, 11) is 1.59. The molecule has 0 N–H and O–H groups in total. The quantitative estimate of drug-likeness (QED) is 0.713. The lowest BCUT2D eigenvalue weighted by molar-refractivity contribution is -0.142. The number of hydrogen-bond acceptors (Lipinski definition) is 7. The van der Waals surface area contributed by atoms with Crippen molar-refractivity contribution in [3.05, 3.63) is 30.2 Å². The Balaban J connectivity index is 1.29. The van der Waals surface area contributed by atoms with E-state index in [1.807, 2.05) is 24.3 Å². The Bertz CT molecular complexity index is 849. The van der Waals surface area contributed by atoms with Gasteiger partial charge in [0.05, 0.1) is 25.2 Å². The Morgan fingerprint density at radius 2 is 2.19 bits per heavy atom. The Hall–Kier alpha value is -2.90. The van der Waals surface area contributed by atoms with E-state index in [-0.39, 0.29) is 23.7 Å². The van der Waals surface area contributed by atoms with Crippen molar-refractivity contribution in [2.24, 2.45) is 11.8 Å². The molecule has 0 unspecified atom stereocenters. The van der Waals surface area contributed by atoms with Gasteiger partial charge in [0.2, 0.25) is 17.6 Å². The first-order valence-corrected chi connectivity index (χ1v) is 9.06. The van der Waals surface area contributed by atoms with Crippen LogP contribution in [-0.2, 0) is 20.7 Å². The van der Waals surface area contributed by atoms with Gasteiger partial charge in [-0.2, -0.15) is 4.98 Å². The van der Waals surface area contributed by atoms with E-state index >= 15 is 0 Å². The fourth-order valence-corrected chi connectivity index (χ4v) is 3.65. The van der Waals surface area contributed by atoms with Gasteiger partial charge in [-0.15, -0.1) is 0 Å². The molecule has 0 radical (unpaired) electrons. The minimum Gasteiger partial charge on any atom is -0.496 e. The second-order valence-corrected chi connectivity index (χ2v) is 6.86. The van der Waals surface area contributed by atoms with Crippen LogP contribution in [0.2, 0.25) is 0 Å². The van der Waals surface area contributed by atoms with Crippen LogP contribution in [0.5, 0.6) is 5.75 Å². The van der Waals surface area contributed by atoms with Crippen molar-refractivity contribution in [2.75, 3.05) is 26.8 Å². The number of hydrogen-bond donors (Lipinski definition) is 0. The number of rotatable bonds is 6. The molecule has 1 aromatic carbocycles. The molecule has 2 aliphatic rings. The molecular formula is C19H21N3O5. The van der Waals surface area contributed by atoms with Crippen LogP contribution in [0.15, 0.2) is 28.8 Å². The van der Waals surface area contributed by atoms with Gasteiger partial charge >= 0.3 is 5.97 Å². The highest BCUT2D eigenvalue weighted by Gasteiger charge is 2.45. The lowest BCUT2D eigenvalue weighted by Crippen LogP contribution is -2.30. The molecule has 1 aromatic heterocycles. The molecule has 3 heterocycles. The van der Waals surface area contributed by atoms with Crippen molar-refractivity contribution in [3.63, 3.8) is 0 Å². The highest BCUT2D eigenvalue weighted by atomic mass is 16.5. The molecule has 2 aliphatic heterocycles. The zero-order chi connectivity index (χ0) is 18.8. The molecule has 0 bridgehead atoms. The Labute approximate surface area is 156 Å². The summed E-state index contributed by atoms with van der Waals surface area (Å²) in [6.45, 7) is 1.51. The van der Waals surface area contributed by atoms with Gasteiger partial charge in [-0.05, 0) is 18.6 Å². The molecular weight excluding hydrogens is 350 g/mol. The maximum atomic E-state index is 12.4. The maximum Gasteiger partial charge on any atom is 0.311 e. The van der Waals surface area contributed by atoms with E-state index in [9.17, 15) is 9.59 Å². The predicted molar refractivity (Wildman–Crippen MR) is 93.7 cm³/mol. The number of fused-ring (bicyclic) bond motifs is 1. The van der Waals surface area contributed by atoms with Crippen LogP contribution in [0.4, 0.5) is 0 Å². The van der Waals surface area contributed by atoms with Crippen LogP contribution < -0.4 is 4.74 Å². The first-order valence-electron chi connectivity index (χ1n) is 9.06. The van der Waals surface area contributed by atoms with Gasteiger partial charge in [0.15, 0.2) is 0 Å². The number of methoxy groups -OCH3 is 1. The van der Waals surface area contributed by atoms with E-state index in [0.717, 1.165) is 5.56 Å². The number of esters is 1. The van der Waals surface area contributed by atoms with Crippen molar-refractivity contribution in [2.45, 2.75) is 19.3 Å². The Morgan fingerprint density at radius 1 is 1.33 bits per heavy atom. The van der Waals surface area contributed by atoms with Gasteiger partial charge in [0.25, 0.3) is 0 Å². The highest BCUT2D eigenvalue weighted by molar-refractivity contribution is 5.80. The minimum absolute atomic E-state index is 0.0571. The smallest absolute Gasteiger partial charge is 0.311 e. The Morgan fingerprint density at radius 3 is 3.00 bits per heavy atom. The van der Waals surface area contributed by atoms with Gasteiger partial charge in [-0.25, -0.2) is 0 Å². The molecule has 0 saturated carbocycles. The summed E-state index contributed by atoms with van der Waals surface area (Å²) in [5, 5.41) is 4.00. The van der Waals surface area contributed by atoms with Crippen molar-refractivity contribution >= 4 is 11.9 Å². The number of carbonyl (C=O) groups is 2. The van der Waals surface area contributed by atoms with Crippen molar-refractivity contribution < 1.29 is 23.6 Å². The average molecular weight is 371 g/mol. The predicted octanol–water partition coefficient (Wildman–Crippen LogP) is 1.70. The summed E-state index contributed by atoms with van der Waals surface area (Å²) in [6.07, 6.45) is 1.53. The van der Waals surface area contributed by atoms with E-state index < -0.39 is 0 Å². The van der Waals surface area contributed by atoms with Crippen LogP contribution in [0.1, 0.15) is 18.7 Å². The molecule has 0 aliphatic carbocycles. The summed E-state index contributed by atoms with van der Waals surface area (Å²) < 4.78 is 15.6. The first kappa shape index (κ1) is 17.5. The Kier molecular flexibility index (Phi) is 4.79. The zero-order valence-electron chi connectivity index (χ0n) is 15.1. The van der Waals surface area contributed by atoms with Crippen LogP contribution in [0.3, 0.4) is 0 Å². The fraction of sp³-hybridized carbons (Fsp3) is 0.474. The number of aryl methyl sites for hydroxylation is 1. The molecule has 2 aromatic rings. The summed E-state index contributed by atoms with van der Waals surface area (Å²) in [6, 6.07) is 7.46. The summed E-state index contributed by atoms with van der Waals surface area (Å²) in [4.78, 5) is 30.1. The molecule has 8 heteroatoms. The lowest BCUT2D eigenvalue weighted by Gasteiger charge is -2.16. The number of cyclic esters (lactones) is 1. The number of nitrogens with zero attached hydrogens (tertiary/aromatic N) is 3. The number of para-hydroxylation sites is 1. The van der Waals surface area contributed by atoms with Gasteiger partial charge in [-0.1, -0.05) is 17.3 Å². The molecule has 4 rings (SSSR count). The third kappa shape index (κ3) is 3.51. The van der Waals surface area contributed by atoms with Crippen molar-refractivity contribution in [1.29, 1.82) is 0 Å². The van der Waals surface area contributed by atoms with Gasteiger partial charge < -0.3 is 18.9 Å². The largest absolute Gasteiger partial charge is 0.496 e. The lowest BCUT2D eigenvalue weighted by atomic mass is 10.0. The molecule has 8 nitrogen and oxygen atoms in total. The molecule has 2 saturated heterocycles. The standard InChI is InChI=1S/C19H21N3O5/c1-25-15-6-3-2-5-13(15)18-20-16(27-21-18)7-4-8-17(23)22-9-12-11-26-19(24)14(12)10-22/h2-3,5-6,12,14H,4,7-11H2,1H3/t12-,14-/m1/s1. The second-order valence-electron chi connectivity index (χ2n) is 6.86. The van der Waals surface area contributed by atoms with E-state index in [0.29, 0.717) is 56.4 Å². The monoisotopic (exact) mass is 371 g/mol. The third-order valence-electron chi connectivity index (χ3n) is 5.13. The number of benzene rings is 1. The van der Waals surface area contributed by atoms with Crippen molar-refractivity contribution in [3.8, 4) is 17.1 Å². The normalized spacial score (nSPS) is 21.2. The SMILES string of the molecule is COc1ccccc1-c1noc(CCCC(=O)N2C[C@@H]3COC(=O)[C@@H]3C2)n1. The topological polar surface area (TPSA) is 94.8 Å². The summed E-state index contributed by atoms with van der Waals surface area (Å²) in [5.74, 6) is 1.53. The molecule has 1 amide bonds.